The molecular formula is C29H31N7O. The van der Waals surface area contributed by atoms with Crippen LogP contribution in [0.1, 0.15) is 36.8 Å². The first-order valence-electron chi connectivity index (χ1n) is 12.6. The van der Waals surface area contributed by atoms with Crippen molar-refractivity contribution < 1.29 is 4.79 Å². The summed E-state index contributed by atoms with van der Waals surface area (Å²) in [5.74, 6) is 2.06. The molecule has 37 heavy (non-hydrogen) atoms. The number of hydrogen-bond acceptors (Lipinski definition) is 6. The average molecular weight is 494 g/mol. The van der Waals surface area contributed by atoms with E-state index in [-0.39, 0.29) is 11.8 Å². The van der Waals surface area contributed by atoms with E-state index < -0.39 is 0 Å². The fourth-order valence-corrected chi connectivity index (χ4v) is 4.37. The van der Waals surface area contributed by atoms with E-state index in [1.165, 1.54) is 0 Å². The number of rotatable bonds is 6. The minimum absolute atomic E-state index is 0.00835. The number of anilines is 1. The smallest absolute Gasteiger partial charge is 0.246 e. The maximum absolute atomic E-state index is 13.1. The fraction of sp³-hybridized carbons (Fsp3) is 0.276. The van der Waals surface area contributed by atoms with Crippen molar-refractivity contribution in [3.8, 4) is 16.9 Å². The van der Waals surface area contributed by atoms with Crippen LogP contribution in [0, 0.1) is 6.92 Å². The highest BCUT2D eigenvalue weighted by Gasteiger charge is 2.22. The Labute approximate surface area is 217 Å². The zero-order valence-electron chi connectivity index (χ0n) is 21.5. The molecule has 1 aliphatic rings. The number of hydrogen-bond donors (Lipinski definition) is 0. The molecule has 1 fully saturated rings. The zero-order chi connectivity index (χ0) is 25.8. The third-order valence-electron chi connectivity index (χ3n) is 6.39. The van der Waals surface area contributed by atoms with Gasteiger partial charge in [-0.2, -0.15) is 5.10 Å². The average Bonchev–Trinajstić information content (AvgIpc) is 3.37. The monoisotopic (exact) mass is 493 g/mol. The van der Waals surface area contributed by atoms with Gasteiger partial charge in [0.1, 0.15) is 17.3 Å². The number of aryl methyl sites for hydroxylation is 1. The second-order valence-electron chi connectivity index (χ2n) is 9.48. The minimum Gasteiger partial charge on any atom is -0.353 e. The molecule has 0 saturated carbocycles. The van der Waals surface area contributed by atoms with Gasteiger partial charge in [-0.1, -0.05) is 32.0 Å². The maximum Gasteiger partial charge on any atom is 0.246 e. The van der Waals surface area contributed by atoms with E-state index in [2.05, 4.69) is 28.7 Å². The van der Waals surface area contributed by atoms with Gasteiger partial charge in [0.15, 0.2) is 0 Å². The van der Waals surface area contributed by atoms with Crippen LogP contribution < -0.4 is 4.90 Å². The molecule has 1 saturated heterocycles. The van der Waals surface area contributed by atoms with Gasteiger partial charge in [0, 0.05) is 79.7 Å². The van der Waals surface area contributed by atoms with Gasteiger partial charge in [0.05, 0.1) is 5.69 Å². The van der Waals surface area contributed by atoms with Crippen LogP contribution in [0.2, 0.25) is 0 Å². The number of benzene rings is 1. The fourth-order valence-electron chi connectivity index (χ4n) is 4.37. The van der Waals surface area contributed by atoms with Gasteiger partial charge in [-0.3, -0.25) is 9.78 Å². The Morgan fingerprint density at radius 2 is 1.78 bits per heavy atom. The van der Waals surface area contributed by atoms with Crippen molar-refractivity contribution in [3.05, 3.63) is 90.3 Å². The summed E-state index contributed by atoms with van der Waals surface area (Å²) in [5, 5.41) is 4.79. The van der Waals surface area contributed by atoms with Crippen LogP contribution >= 0.6 is 0 Å². The molecule has 4 aromatic rings. The Kier molecular flexibility index (Phi) is 7.07. The number of aromatic nitrogens is 5. The summed E-state index contributed by atoms with van der Waals surface area (Å²) in [5.41, 5.74) is 4.47. The van der Waals surface area contributed by atoms with Crippen molar-refractivity contribution in [1.82, 2.24) is 29.6 Å². The van der Waals surface area contributed by atoms with Gasteiger partial charge in [-0.25, -0.2) is 14.6 Å². The first-order chi connectivity index (χ1) is 18.0. The van der Waals surface area contributed by atoms with Crippen molar-refractivity contribution in [2.45, 2.75) is 26.7 Å². The largest absolute Gasteiger partial charge is 0.353 e. The van der Waals surface area contributed by atoms with Crippen molar-refractivity contribution in [1.29, 1.82) is 0 Å². The number of carbonyl (C=O) groups excluding carboxylic acids is 1. The van der Waals surface area contributed by atoms with Crippen LogP contribution in [0.5, 0.6) is 0 Å². The van der Waals surface area contributed by atoms with Crippen molar-refractivity contribution in [2.75, 3.05) is 31.1 Å². The van der Waals surface area contributed by atoms with Gasteiger partial charge in [-0.15, -0.1) is 0 Å². The molecule has 1 aromatic carbocycles. The molecular weight excluding hydrogens is 462 g/mol. The van der Waals surface area contributed by atoms with Crippen LogP contribution in [0.3, 0.4) is 0 Å². The van der Waals surface area contributed by atoms with E-state index in [0.717, 1.165) is 52.9 Å². The summed E-state index contributed by atoms with van der Waals surface area (Å²) >= 11 is 0. The van der Waals surface area contributed by atoms with Crippen LogP contribution in [0.25, 0.3) is 23.0 Å². The molecule has 0 aliphatic carbocycles. The molecule has 8 nitrogen and oxygen atoms in total. The maximum atomic E-state index is 13.1. The molecule has 1 aliphatic heterocycles. The second-order valence-corrected chi connectivity index (χ2v) is 9.48. The van der Waals surface area contributed by atoms with Crippen LogP contribution in [-0.2, 0) is 4.79 Å². The normalized spacial score (nSPS) is 14.1. The van der Waals surface area contributed by atoms with E-state index in [0.29, 0.717) is 13.1 Å². The van der Waals surface area contributed by atoms with Gasteiger partial charge < -0.3 is 9.80 Å². The lowest BCUT2D eigenvalue weighted by Crippen LogP contribution is -2.48. The quantitative estimate of drug-likeness (QED) is 0.368. The van der Waals surface area contributed by atoms with Crippen LogP contribution in [-0.4, -0.2) is 61.7 Å². The third-order valence-corrected chi connectivity index (χ3v) is 6.39. The minimum atomic E-state index is -0.00835. The SMILES string of the molecule is Cc1cc(N2CCN(C(=O)C=Cc3cn(-c4ccccc4)nc3-c3cccnc3)CC2)nc(C(C)C)n1. The van der Waals surface area contributed by atoms with Gasteiger partial charge in [0.2, 0.25) is 5.91 Å². The van der Waals surface area contributed by atoms with Crippen molar-refractivity contribution in [2.24, 2.45) is 0 Å². The molecule has 0 bridgehead atoms. The zero-order valence-corrected chi connectivity index (χ0v) is 21.5. The summed E-state index contributed by atoms with van der Waals surface area (Å²) in [6.07, 6.45) is 8.97. The summed E-state index contributed by atoms with van der Waals surface area (Å²) in [7, 11) is 0. The highest BCUT2D eigenvalue weighted by Crippen LogP contribution is 2.24. The highest BCUT2D eigenvalue weighted by atomic mass is 16.2. The number of carbonyl (C=O) groups is 1. The molecule has 8 heteroatoms. The Bertz CT molecular complexity index is 1390. The molecule has 0 unspecified atom stereocenters. The van der Waals surface area contributed by atoms with Crippen molar-refractivity contribution >= 4 is 17.8 Å². The van der Waals surface area contributed by atoms with Gasteiger partial charge in [0.25, 0.3) is 0 Å². The first-order valence-corrected chi connectivity index (χ1v) is 12.6. The molecule has 0 radical (unpaired) electrons. The van der Waals surface area contributed by atoms with E-state index in [9.17, 15) is 4.79 Å². The third kappa shape index (κ3) is 5.58. The second kappa shape index (κ2) is 10.7. The molecule has 0 N–H and O–H groups in total. The molecule has 1 amide bonds. The summed E-state index contributed by atoms with van der Waals surface area (Å²) in [4.78, 5) is 30.8. The molecule has 4 heterocycles. The topological polar surface area (TPSA) is 80.0 Å². The lowest BCUT2D eigenvalue weighted by molar-refractivity contribution is -0.126. The van der Waals surface area contributed by atoms with E-state index in [1.807, 2.05) is 77.3 Å². The number of pyridine rings is 1. The van der Waals surface area contributed by atoms with Crippen LogP contribution in [0.4, 0.5) is 5.82 Å². The summed E-state index contributed by atoms with van der Waals surface area (Å²) < 4.78 is 1.83. The predicted octanol–water partition coefficient (Wildman–Crippen LogP) is 4.52. The Balaban J connectivity index is 1.31. The van der Waals surface area contributed by atoms with Crippen molar-refractivity contribution in [3.63, 3.8) is 0 Å². The van der Waals surface area contributed by atoms with Gasteiger partial charge >= 0.3 is 0 Å². The van der Waals surface area contributed by atoms with Gasteiger partial charge in [-0.05, 0) is 37.3 Å². The Hall–Kier alpha value is -4.33. The number of para-hydroxylation sites is 1. The van der Waals surface area contributed by atoms with Crippen LogP contribution in [0.15, 0.2) is 73.2 Å². The number of nitrogens with zero attached hydrogens (tertiary/aromatic N) is 7. The summed E-state index contributed by atoms with van der Waals surface area (Å²) in [6, 6.07) is 15.8. The molecule has 188 valence electrons. The Morgan fingerprint density at radius 1 is 1.00 bits per heavy atom. The highest BCUT2D eigenvalue weighted by molar-refractivity contribution is 5.93. The first kappa shape index (κ1) is 24.4. The van der Waals surface area contributed by atoms with E-state index in [4.69, 9.17) is 10.1 Å². The van der Waals surface area contributed by atoms with E-state index in [1.54, 1.807) is 18.5 Å². The molecule has 0 spiro atoms. The Morgan fingerprint density at radius 3 is 2.49 bits per heavy atom. The predicted molar refractivity (Wildman–Crippen MR) is 145 cm³/mol. The number of piperazine rings is 1. The lowest BCUT2D eigenvalue weighted by Gasteiger charge is -2.35. The molecule has 0 atom stereocenters. The van der Waals surface area contributed by atoms with E-state index >= 15 is 0 Å². The summed E-state index contributed by atoms with van der Waals surface area (Å²) in [6.45, 7) is 8.96. The standard InChI is InChI=1S/C29H31N7O/c1-21(2)29-31-22(3)18-26(32-29)34-14-16-35(17-15-34)27(37)12-11-24-20-36(25-9-5-4-6-10-25)33-28(24)23-8-7-13-30-19-23/h4-13,18-21H,14-17H2,1-3H3. The molecule has 5 rings (SSSR count). The molecule has 3 aromatic heterocycles. The lowest BCUT2D eigenvalue weighted by atomic mass is 10.1. The number of amides is 1.